The molecule has 164 valence electrons. The Bertz CT molecular complexity index is 1160. The molecule has 4 aromatic rings. The Morgan fingerprint density at radius 3 is 1.84 bits per heavy atom. The van der Waals surface area contributed by atoms with E-state index in [2.05, 4.69) is 112 Å². The molecule has 0 N–H and O–H groups in total. The molecular weight excluding hydrogens is 483 g/mol. The first-order chi connectivity index (χ1) is 15.6. The Labute approximate surface area is 195 Å². The molecule has 1 aliphatic rings. The van der Waals surface area contributed by atoms with Gasteiger partial charge in [0.25, 0.3) is 0 Å². The molecular formula is C26H26BrN2O2P. The van der Waals surface area contributed by atoms with Crippen molar-refractivity contribution in [3.05, 3.63) is 107 Å². The van der Waals surface area contributed by atoms with Crippen molar-refractivity contribution in [3.63, 3.8) is 0 Å². The van der Waals surface area contributed by atoms with Crippen molar-refractivity contribution in [1.29, 1.82) is 0 Å². The van der Waals surface area contributed by atoms with Crippen molar-refractivity contribution in [1.82, 2.24) is 9.72 Å². The van der Waals surface area contributed by atoms with Gasteiger partial charge in [0.05, 0.1) is 0 Å². The molecule has 0 fully saturated rings. The second kappa shape index (κ2) is 8.46. The molecule has 0 saturated carbocycles. The van der Waals surface area contributed by atoms with Crippen LogP contribution in [0.3, 0.4) is 0 Å². The van der Waals surface area contributed by atoms with E-state index in [1.54, 1.807) is 0 Å². The number of hydrogen-bond donors (Lipinski definition) is 0. The van der Waals surface area contributed by atoms with Gasteiger partial charge in [-0.1, -0.05) is 0 Å². The van der Waals surface area contributed by atoms with Gasteiger partial charge in [0.2, 0.25) is 0 Å². The summed E-state index contributed by atoms with van der Waals surface area (Å²) in [6.07, 6.45) is 4.55. The predicted octanol–water partition coefficient (Wildman–Crippen LogP) is 4.94. The van der Waals surface area contributed by atoms with E-state index in [9.17, 15) is 4.79 Å². The molecule has 4 nitrogen and oxygen atoms in total. The number of hydrogen-bond acceptors (Lipinski definition) is 3. The topological polar surface area (TPSA) is 48.0 Å². The van der Waals surface area contributed by atoms with Crippen molar-refractivity contribution >= 4 is 36.7 Å². The summed E-state index contributed by atoms with van der Waals surface area (Å²) in [4.78, 5) is 12.8. The van der Waals surface area contributed by atoms with Gasteiger partial charge in [-0.2, -0.15) is 0 Å². The number of halogens is 1. The van der Waals surface area contributed by atoms with E-state index < -0.39 is 5.31 Å². The zero-order chi connectivity index (χ0) is 22.0. The fourth-order valence-corrected chi connectivity index (χ4v) is 13.3. The number of aryl methyl sites for hydroxylation is 1. The summed E-state index contributed by atoms with van der Waals surface area (Å²) < 4.78 is 6.95. The molecule has 32 heavy (non-hydrogen) atoms. The summed E-state index contributed by atoms with van der Waals surface area (Å²) in [7, 11) is 0. The standard InChI is InChI=1S/C26H26BrN2O2P/c27-32(22-13-4-1-5-14-22,23-15-6-2-7-16-23,24-17-8-3-9-18-24)20-21-12-10-11-19-25-28-31-26(30)29(21)25/h1-9,13-18,21H,10-12,19-20H2. The molecule has 2 heterocycles. The minimum absolute atomic E-state index is 0.0103. The summed E-state index contributed by atoms with van der Waals surface area (Å²) in [6.45, 7) is 0. The second-order valence-electron chi connectivity index (χ2n) is 8.51. The van der Waals surface area contributed by atoms with E-state index in [1.165, 1.54) is 15.9 Å². The van der Waals surface area contributed by atoms with E-state index in [0.717, 1.165) is 37.7 Å². The average molecular weight is 509 g/mol. The van der Waals surface area contributed by atoms with Crippen molar-refractivity contribution in [3.8, 4) is 0 Å². The van der Waals surface area contributed by atoms with Gasteiger partial charge in [0.1, 0.15) is 0 Å². The molecule has 3 aromatic carbocycles. The first kappa shape index (κ1) is 21.4. The second-order valence-corrected chi connectivity index (χ2v) is 17.5. The quantitative estimate of drug-likeness (QED) is 0.358. The van der Waals surface area contributed by atoms with E-state index in [1.807, 2.05) is 4.57 Å². The Kier molecular flexibility index (Phi) is 5.65. The normalized spacial score (nSPS) is 17.7. The zero-order valence-corrected chi connectivity index (χ0v) is 20.3. The maximum absolute atomic E-state index is 12.8. The fraction of sp³-hybridized carbons (Fsp3) is 0.231. The minimum atomic E-state index is -3.14. The van der Waals surface area contributed by atoms with Crippen molar-refractivity contribution in [2.75, 3.05) is 6.16 Å². The van der Waals surface area contributed by atoms with Gasteiger partial charge in [0.15, 0.2) is 0 Å². The number of benzene rings is 3. The van der Waals surface area contributed by atoms with Crippen LogP contribution in [0.5, 0.6) is 0 Å². The van der Waals surface area contributed by atoms with Crippen molar-refractivity contribution in [2.45, 2.75) is 31.7 Å². The van der Waals surface area contributed by atoms with Gasteiger partial charge in [-0.05, 0) is 0 Å². The third-order valence-electron chi connectivity index (χ3n) is 6.69. The van der Waals surface area contributed by atoms with Crippen LogP contribution < -0.4 is 21.7 Å². The molecule has 0 radical (unpaired) electrons. The van der Waals surface area contributed by atoms with Crippen LogP contribution in [0.1, 0.15) is 31.1 Å². The molecule has 0 bridgehead atoms. The molecule has 6 heteroatoms. The zero-order valence-electron chi connectivity index (χ0n) is 17.8. The van der Waals surface area contributed by atoms with Gasteiger partial charge in [0, 0.05) is 0 Å². The van der Waals surface area contributed by atoms with Crippen LogP contribution in [0, 0.1) is 0 Å². The van der Waals surface area contributed by atoms with Crippen LogP contribution in [-0.4, -0.2) is 15.9 Å². The Morgan fingerprint density at radius 1 is 0.844 bits per heavy atom. The molecule has 0 spiro atoms. The molecule has 0 aliphatic carbocycles. The molecule has 0 amide bonds. The van der Waals surface area contributed by atoms with E-state index in [0.29, 0.717) is 0 Å². The van der Waals surface area contributed by atoms with Gasteiger partial charge in [-0.3, -0.25) is 0 Å². The Balaban J connectivity index is 1.82. The van der Waals surface area contributed by atoms with Gasteiger partial charge in [-0.15, -0.1) is 0 Å². The van der Waals surface area contributed by atoms with Crippen LogP contribution in [0.25, 0.3) is 0 Å². The van der Waals surface area contributed by atoms with Gasteiger partial charge < -0.3 is 0 Å². The Morgan fingerprint density at radius 2 is 1.34 bits per heavy atom. The van der Waals surface area contributed by atoms with E-state index >= 15 is 0 Å². The first-order valence-corrected chi connectivity index (χ1v) is 15.5. The summed E-state index contributed by atoms with van der Waals surface area (Å²) in [5, 5.41) is 4.74. The molecule has 1 atom stereocenters. The first-order valence-electron chi connectivity index (χ1n) is 11.1. The van der Waals surface area contributed by atoms with Gasteiger partial charge >= 0.3 is 196 Å². The number of fused-ring (bicyclic) bond motifs is 1. The summed E-state index contributed by atoms with van der Waals surface area (Å²) in [6, 6.07) is 32.1. The number of rotatable bonds is 5. The molecule has 1 aromatic heterocycles. The third-order valence-corrected chi connectivity index (χ3v) is 16.5. The Hall–Kier alpha value is -2.49. The summed E-state index contributed by atoms with van der Waals surface area (Å²) in [5.41, 5.74) is 0. The van der Waals surface area contributed by atoms with Crippen LogP contribution >= 0.6 is 20.8 Å². The molecule has 1 aliphatic heterocycles. The van der Waals surface area contributed by atoms with Crippen LogP contribution in [0.2, 0.25) is 0 Å². The monoisotopic (exact) mass is 508 g/mol. The van der Waals surface area contributed by atoms with Crippen LogP contribution in [0.4, 0.5) is 0 Å². The van der Waals surface area contributed by atoms with Crippen LogP contribution in [-0.2, 0) is 6.42 Å². The third kappa shape index (κ3) is 3.39. The van der Waals surface area contributed by atoms with Crippen molar-refractivity contribution in [2.24, 2.45) is 0 Å². The summed E-state index contributed by atoms with van der Waals surface area (Å²) >= 11 is 4.51. The van der Waals surface area contributed by atoms with E-state index in [4.69, 9.17) is 4.52 Å². The molecule has 5 rings (SSSR count). The molecule has 0 saturated heterocycles. The summed E-state index contributed by atoms with van der Waals surface area (Å²) in [5.74, 6) is 0.419. The van der Waals surface area contributed by atoms with Crippen molar-refractivity contribution < 1.29 is 4.52 Å². The van der Waals surface area contributed by atoms with E-state index in [-0.39, 0.29) is 11.8 Å². The molecule has 1 unspecified atom stereocenters. The van der Waals surface area contributed by atoms with Crippen LogP contribution in [0.15, 0.2) is 100 Å². The average Bonchev–Trinajstić information content (AvgIpc) is 3.10. The fourth-order valence-electron chi connectivity index (χ4n) is 5.15. The van der Waals surface area contributed by atoms with Gasteiger partial charge in [-0.25, -0.2) is 0 Å². The number of aromatic nitrogens is 2. The SMILES string of the molecule is O=c1onc2n1C(CP(Br)(c1ccccc1)(c1ccccc1)c1ccccc1)CCCC2. The predicted molar refractivity (Wildman–Crippen MR) is 136 cm³/mol. The number of nitrogens with zero attached hydrogens (tertiary/aromatic N) is 2. The maximum atomic E-state index is 12.8.